The molecule has 2 heteroatoms. The molecular weight excluding hydrogens is 192 g/mol. The lowest BCUT2D eigenvalue weighted by Gasteiger charge is -2.12. The van der Waals surface area contributed by atoms with Gasteiger partial charge in [-0.05, 0) is 37.0 Å². The van der Waals surface area contributed by atoms with Crippen LogP contribution in [-0.2, 0) is 15.4 Å². The molecule has 0 N–H and O–H groups in total. The van der Waals surface area contributed by atoms with Gasteiger partial charge in [-0.3, -0.25) is 0 Å². The van der Waals surface area contributed by atoms with Crippen LogP contribution < -0.4 is 0 Å². The maximum Gasteiger partial charge on any atom is 0.143 e. The molecule has 14 heavy (non-hydrogen) atoms. The van der Waals surface area contributed by atoms with Crippen LogP contribution in [0.1, 0.15) is 26.2 Å². The largest absolute Gasteiger partial charge is 0.178 e. The number of allylic oxidation sites excluding steroid dienone is 1. The first-order valence-electron chi connectivity index (χ1n) is 5.47. The van der Waals surface area contributed by atoms with Crippen LogP contribution in [0.15, 0.2) is 12.7 Å². The van der Waals surface area contributed by atoms with Gasteiger partial charge in [-0.15, -0.1) is 6.58 Å². The molecule has 1 saturated carbocycles. The molecule has 0 aromatic carbocycles. The summed E-state index contributed by atoms with van der Waals surface area (Å²) in [6.07, 6.45) is 8.35. The minimum absolute atomic E-state index is 0.173. The van der Waals surface area contributed by atoms with Crippen molar-refractivity contribution in [1.29, 1.82) is 0 Å². The lowest BCUT2D eigenvalue weighted by Crippen LogP contribution is -2.13. The molecule has 0 radical (unpaired) electrons. The van der Waals surface area contributed by atoms with Gasteiger partial charge in [0.15, 0.2) is 0 Å². The van der Waals surface area contributed by atoms with Crippen molar-refractivity contribution in [2.24, 2.45) is 17.8 Å². The number of rotatable bonds is 5. The van der Waals surface area contributed by atoms with E-state index in [0.717, 1.165) is 17.8 Å². The molecule has 1 nitrogen and oxygen atoms in total. The highest BCUT2D eigenvalue weighted by Crippen LogP contribution is 2.38. The van der Waals surface area contributed by atoms with E-state index in [1.54, 1.807) is 0 Å². The second-order valence-corrected chi connectivity index (χ2v) is 6.33. The topological polar surface area (TPSA) is 9.23 Å². The molecule has 1 rings (SSSR count). The fraction of sp³-hybridized carbons (Fsp3) is 0.833. The first kappa shape index (κ1) is 12.1. The average Bonchev–Trinajstić information content (AvgIpc) is 2.55. The van der Waals surface area contributed by atoms with E-state index in [9.17, 15) is 0 Å². The molecule has 1 aliphatic carbocycles. The van der Waals surface area contributed by atoms with Gasteiger partial charge in [0.05, 0.1) is 7.11 Å². The average molecular weight is 215 g/mol. The van der Waals surface area contributed by atoms with E-state index in [1.165, 1.54) is 25.0 Å². The van der Waals surface area contributed by atoms with Crippen molar-refractivity contribution in [3.8, 4) is 0 Å². The second kappa shape index (κ2) is 5.82. The molecule has 0 amide bonds. The molecule has 0 aromatic heterocycles. The standard InChI is InChI=1S/C12H23OS/c1-5-11-8-10(2)12(9-11)6-7-14(4)13-3/h5,10-12H,1,6-9H2,2-4H3/q+1. The predicted octanol–water partition coefficient (Wildman–Crippen LogP) is 3.03. The number of hydrogen-bond donors (Lipinski definition) is 0. The van der Waals surface area contributed by atoms with Crippen molar-refractivity contribution in [2.45, 2.75) is 26.2 Å². The Morgan fingerprint density at radius 1 is 1.50 bits per heavy atom. The fourth-order valence-corrected chi connectivity index (χ4v) is 3.18. The summed E-state index contributed by atoms with van der Waals surface area (Å²) < 4.78 is 5.31. The maximum absolute atomic E-state index is 5.31. The van der Waals surface area contributed by atoms with Gasteiger partial charge in [-0.25, -0.2) is 0 Å². The molecule has 82 valence electrons. The van der Waals surface area contributed by atoms with Crippen molar-refractivity contribution < 1.29 is 4.18 Å². The highest BCUT2D eigenvalue weighted by atomic mass is 32.2. The van der Waals surface area contributed by atoms with Gasteiger partial charge in [-0.1, -0.05) is 13.0 Å². The molecule has 0 bridgehead atoms. The summed E-state index contributed by atoms with van der Waals surface area (Å²) in [5, 5.41) is 0. The summed E-state index contributed by atoms with van der Waals surface area (Å²) in [5.41, 5.74) is 0. The Balaban J connectivity index is 2.28. The van der Waals surface area contributed by atoms with Crippen LogP contribution in [0.5, 0.6) is 0 Å². The Labute approximate surface area is 91.5 Å². The van der Waals surface area contributed by atoms with Gasteiger partial charge in [-0.2, -0.15) is 4.18 Å². The van der Waals surface area contributed by atoms with E-state index < -0.39 is 0 Å². The Hall–Kier alpha value is 0.0500. The smallest absolute Gasteiger partial charge is 0.143 e. The third-order valence-corrected chi connectivity index (χ3v) is 4.86. The van der Waals surface area contributed by atoms with E-state index >= 15 is 0 Å². The quantitative estimate of drug-likeness (QED) is 0.506. The fourth-order valence-electron chi connectivity index (χ4n) is 2.38. The van der Waals surface area contributed by atoms with Crippen molar-refractivity contribution in [3.63, 3.8) is 0 Å². The van der Waals surface area contributed by atoms with Gasteiger partial charge < -0.3 is 0 Å². The van der Waals surface area contributed by atoms with E-state index in [2.05, 4.69) is 25.8 Å². The van der Waals surface area contributed by atoms with Crippen LogP contribution in [0.2, 0.25) is 0 Å². The van der Waals surface area contributed by atoms with E-state index in [1.807, 2.05) is 7.11 Å². The van der Waals surface area contributed by atoms with Gasteiger partial charge in [0.2, 0.25) is 0 Å². The Morgan fingerprint density at radius 3 is 2.71 bits per heavy atom. The lowest BCUT2D eigenvalue weighted by atomic mass is 9.96. The second-order valence-electron chi connectivity index (χ2n) is 4.44. The van der Waals surface area contributed by atoms with Crippen molar-refractivity contribution in [2.75, 3.05) is 19.1 Å². The Bertz CT molecular complexity index is 181. The molecule has 4 atom stereocenters. The zero-order valence-corrected chi connectivity index (χ0v) is 10.5. The van der Waals surface area contributed by atoms with Gasteiger partial charge >= 0.3 is 0 Å². The van der Waals surface area contributed by atoms with E-state index in [4.69, 9.17) is 4.18 Å². The van der Waals surface area contributed by atoms with Crippen LogP contribution in [-0.4, -0.2) is 19.1 Å². The summed E-state index contributed by atoms with van der Waals surface area (Å²) in [7, 11) is 1.81. The SMILES string of the molecule is C=CC1CC(C)C(CC[S+](C)OC)C1. The summed E-state index contributed by atoms with van der Waals surface area (Å²) in [6, 6.07) is 0. The van der Waals surface area contributed by atoms with Crippen molar-refractivity contribution in [1.82, 2.24) is 0 Å². The van der Waals surface area contributed by atoms with Gasteiger partial charge in [0.25, 0.3) is 0 Å². The molecule has 1 fully saturated rings. The van der Waals surface area contributed by atoms with Crippen LogP contribution >= 0.6 is 0 Å². The normalized spacial score (nSPS) is 34.4. The summed E-state index contributed by atoms with van der Waals surface area (Å²) in [6.45, 7) is 6.28. The van der Waals surface area contributed by atoms with Gasteiger partial charge in [0.1, 0.15) is 23.2 Å². The maximum atomic E-state index is 5.31. The first-order valence-corrected chi connectivity index (χ1v) is 7.19. The Kier molecular flexibility index (Phi) is 5.04. The third-order valence-electron chi connectivity index (χ3n) is 3.48. The summed E-state index contributed by atoms with van der Waals surface area (Å²) in [4.78, 5) is 0. The third kappa shape index (κ3) is 3.32. The minimum Gasteiger partial charge on any atom is -0.178 e. The van der Waals surface area contributed by atoms with Crippen LogP contribution in [0.4, 0.5) is 0 Å². The first-order chi connectivity index (χ1) is 6.67. The molecule has 1 aliphatic rings. The molecule has 0 aromatic rings. The molecule has 0 heterocycles. The monoisotopic (exact) mass is 215 g/mol. The van der Waals surface area contributed by atoms with E-state index in [0.29, 0.717) is 0 Å². The highest BCUT2D eigenvalue weighted by Gasteiger charge is 2.30. The number of hydrogen-bond acceptors (Lipinski definition) is 1. The molecule has 0 aliphatic heterocycles. The zero-order valence-electron chi connectivity index (χ0n) is 9.66. The summed E-state index contributed by atoms with van der Waals surface area (Å²) >= 11 is 0.173. The van der Waals surface area contributed by atoms with Crippen LogP contribution in [0.3, 0.4) is 0 Å². The molecule has 0 saturated heterocycles. The van der Waals surface area contributed by atoms with Crippen LogP contribution in [0, 0.1) is 17.8 Å². The van der Waals surface area contributed by atoms with Gasteiger partial charge in [0, 0.05) is 0 Å². The molecule has 4 unspecified atom stereocenters. The van der Waals surface area contributed by atoms with Crippen LogP contribution in [0.25, 0.3) is 0 Å². The summed E-state index contributed by atoms with van der Waals surface area (Å²) in [5.74, 6) is 3.79. The highest BCUT2D eigenvalue weighted by molar-refractivity contribution is 7.91. The predicted molar refractivity (Wildman–Crippen MR) is 65.4 cm³/mol. The molecule has 0 spiro atoms. The molecular formula is C12H23OS+. The minimum atomic E-state index is 0.173. The Morgan fingerprint density at radius 2 is 2.21 bits per heavy atom. The van der Waals surface area contributed by atoms with E-state index in [-0.39, 0.29) is 11.2 Å². The lowest BCUT2D eigenvalue weighted by molar-refractivity contribution is 0.403. The van der Waals surface area contributed by atoms with Crippen molar-refractivity contribution >= 4 is 11.2 Å². The van der Waals surface area contributed by atoms with Crippen molar-refractivity contribution in [3.05, 3.63) is 12.7 Å². The zero-order chi connectivity index (χ0) is 10.6.